The molecule has 7 nitrogen and oxygen atoms in total. The van der Waals surface area contributed by atoms with Crippen molar-refractivity contribution in [2.24, 2.45) is 11.3 Å². The van der Waals surface area contributed by atoms with Crippen molar-refractivity contribution in [1.29, 1.82) is 0 Å². The van der Waals surface area contributed by atoms with Crippen LogP contribution in [0.25, 0.3) is 0 Å². The number of nitrogens with zero attached hydrogens (tertiary/aromatic N) is 2. The first-order chi connectivity index (χ1) is 12.3. The minimum Gasteiger partial charge on any atom is -0.481 e. The van der Waals surface area contributed by atoms with Crippen molar-refractivity contribution in [1.82, 2.24) is 9.80 Å². The van der Waals surface area contributed by atoms with Gasteiger partial charge < -0.3 is 19.3 Å². The summed E-state index contributed by atoms with van der Waals surface area (Å²) in [6, 6.07) is 0. The van der Waals surface area contributed by atoms with Crippen molar-refractivity contribution < 1.29 is 23.9 Å². The van der Waals surface area contributed by atoms with Crippen LogP contribution in [0.15, 0.2) is 4.42 Å². The second-order valence-electron chi connectivity index (χ2n) is 7.98. The molecule has 0 bridgehead atoms. The van der Waals surface area contributed by atoms with Gasteiger partial charge in [0.1, 0.15) is 16.9 Å². The number of piperidine rings is 1. The van der Waals surface area contributed by atoms with E-state index in [1.165, 1.54) is 0 Å². The van der Waals surface area contributed by atoms with Crippen LogP contribution in [-0.2, 0) is 11.2 Å². The van der Waals surface area contributed by atoms with Crippen LogP contribution >= 0.6 is 0 Å². The Labute approximate surface area is 151 Å². The third-order valence-corrected chi connectivity index (χ3v) is 6.28. The van der Waals surface area contributed by atoms with Gasteiger partial charge >= 0.3 is 5.97 Å². The Bertz CT molecular complexity index is 798. The molecule has 1 aromatic rings. The molecule has 0 aromatic carbocycles. The van der Waals surface area contributed by atoms with E-state index in [0.29, 0.717) is 48.6 Å². The molecular formula is C19H24N2O5. The monoisotopic (exact) mass is 360 g/mol. The van der Waals surface area contributed by atoms with Crippen LogP contribution in [0.1, 0.15) is 51.5 Å². The number of carbonyl (C=O) groups is 3. The van der Waals surface area contributed by atoms with Gasteiger partial charge in [-0.3, -0.25) is 14.4 Å². The Morgan fingerprint density at radius 2 is 2.04 bits per heavy atom. The second-order valence-corrected chi connectivity index (χ2v) is 7.98. The van der Waals surface area contributed by atoms with Crippen LogP contribution < -0.4 is 0 Å². The number of rotatable bonds is 2. The molecule has 4 rings (SSSR count). The van der Waals surface area contributed by atoms with Crippen LogP contribution in [0.3, 0.4) is 0 Å². The average molecular weight is 360 g/mol. The number of likely N-dealkylation sites (tertiary alicyclic amines) is 2. The van der Waals surface area contributed by atoms with Crippen LogP contribution in [0.4, 0.5) is 0 Å². The normalized spacial score (nSPS) is 28.8. The number of aryl methyl sites for hydroxylation is 2. The quantitative estimate of drug-likeness (QED) is 0.861. The second kappa shape index (κ2) is 5.94. The van der Waals surface area contributed by atoms with Crippen LogP contribution in [0, 0.1) is 18.3 Å². The van der Waals surface area contributed by atoms with Gasteiger partial charge in [0.25, 0.3) is 5.91 Å². The molecule has 1 aromatic heterocycles. The Hall–Kier alpha value is -2.15. The Morgan fingerprint density at radius 1 is 1.27 bits per heavy atom. The molecule has 1 amide bonds. The maximum Gasteiger partial charge on any atom is 0.313 e. The van der Waals surface area contributed by atoms with Gasteiger partial charge in [0.2, 0.25) is 0 Å². The zero-order valence-electron chi connectivity index (χ0n) is 15.2. The topological polar surface area (TPSA) is 91.1 Å². The first-order valence-corrected chi connectivity index (χ1v) is 9.20. The predicted octanol–water partition coefficient (Wildman–Crippen LogP) is 1.59. The molecule has 0 spiro atoms. The number of amides is 1. The highest BCUT2D eigenvalue weighted by Gasteiger charge is 2.56. The van der Waals surface area contributed by atoms with E-state index in [1.54, 1.807) is 11.8 Å². The lowest BCUT2D eigenvalue weighted by atomic mass is 9.73. The third kappa shape index (κ3) is 2.40. The van der Waals surface area contributed by atoms with E-state index in [4.69, 9.17) is 4.42 Å². The summed E-state index contributed by atoms with van der Waals surface area (Å²) in [5, 5.41) is 9.90. The van der Waals surface area contributed by atoms with Gasteiger partial charge in [0, 0.05) is 32.5 Å². The highest BCUT2D eigenvalue weighted by atomic mass is 16.4. The van der Waals surface area contributed by atoms with Gasteiger partial charge in [-0.1, -0.05) is 0 Å². The first kappa shape index (κ1) is 17.3. The summed E-state index contributed by atoms with van der Waals surface area (Å²) in [4.78, 5) is 41.3. The van der Waals surface area contributed by atoms with Crippen molar-refractivity contribution >= 4 is 17.7 Å². The standard InChI is InChI=1S/C19H24N2O5/c1-11-15(16-13(22)4-3-5-14(16)26-11)17(23)21-8-12-6-7-20(2)9-19(12,10-21)18(24)25/h12H,3-10H2,1-2H3,(H,24,25)/t12-,19-/m1/s1. The molecule has 2 atom stereocenters. The van der Waals surface area contributed by atoms with Crippen molar-refractivity contribution in [3.05, 3.63) is 22.6 Å². The summed E-state index contributed by atoms with van der Waals surface area (Å²) in [6.45, 7) is 3.59. The fraction of sp³-hybridized carbons (Fsp3) is 0.632. The summed E-state index contributed by atoms with van der Waals surface area (Å²) >= 11 is 0. The summed E-state index contributed by atoms with van der Waals surface area (Å²) in [5.41, 5.74) is -0.156. The molecule has 140 valence electrons. The lowest BCUT2D eigenvalue weighted by molar-refractivity contribution is -0.153. The van der Waals surface area contributed by atoms with Gasteiger partial charge in [-0.05, 0) is 39.3 Å². The molecule has 0 radical (unpaired) electrons. The van der Waals surface area contributed by atoms with E-state index in [9.17, 15) is 19.5 Å². The smallest absolute Gasteiger partial charge is 0.313 e. The summed E-state index contributed by atoms with van der Waals surface area (Å²) in [7, 11) is 1.92. The van der Waals surface area contributed by atoms with E-state index in [1.807, 2.05) is 11.9 Å². The van der Waals surface area contributed by atoms with E-state index in [-0.39, 0.29) is 24.2 Å². The van der Waals surface area contributed by atoms with Crippen LogP contribution in [-0.4, -0.2) is 65.8 Å². The molecule has 3 aliphatic rings. The molecule has 0 saturated carbocycles. The number of carboxylic acid groups (broad SMARTS) is 1. The Morgan fingerprint density at radius 3 is 2.77 bits per heavy atom. The SMILES string of the molecule is Cc1oc2c(c1C(=O)N1C[C@H]3CCN(C)C[C@@]3(C(=O)O)C1)C(=O)CCC2. The van der Waals surface area contributed by atoms with Crippen molar-refractivity contribution in [2.45, 2.75) is 32.6 Å². The summed E-state index contributed by atoms with van der Waals surface area (Å²) in [6.07, 6.45) is 2.60. The fourth-order valence-corrected chi connectivity index (χ4v) is 4.95. The number of ketones is 1. The molecule has 2 aliphatic heterocycles. The molecule has 2 saturated heterocycles. The summed E-state index contributed by atoms with van der Waals surface area (Å²) < 4.78 is 5.70. The van der Waals surface area contributed by atoms with Gasteiger partial charge in [-0.15, -0.1) is 0 Å². The van der Waals surface area contributed by atoms with E-state index < -0.39 is 11.4 Å². The lowest BCUT2D eigenvalue weighted by Crippen LogP contribution is -2.52. The molecule has 1 N–H and O–H groups in total. The fourth-order valence-electron chi connectivity index (χ4n) is 4.95. The molecule has 26 heavy (non-hydrogen) atoms. The lowest BCUT2D eigenvalue weighted by Gasteiger charge is -2.39. The van der Waals surface area contributed by atoms with E-state index >= 15 is 0 Å². The number of aliphatic carboxylic acids is 1. The number of furan rings is 1. The molecule has 3 heterocycles. The number of fused-ring (bicyclic) bond motifs is 2. The van der Waals surface area contributed by atoms with Crippen molar-refractivity contribution in [2.75, 3.05) is 33.2 Å². The number of hydrogen-bond acceptors (Lipinski definition) is 5. The van der Waals surface area contributed by atoms with Crippen LogP contribution in [0.5, 0.6) is 0 Å². The van der Waals surface area contributed by atoms with Gasteiger partial charge in [-0.2, -0.15) is 0 Å². The average Bonchev–Trinajstić information content (AvgIpc) is 3.13. The molecule has 7 heteroatoms. The minimum atomic E-state index is -0.926. The van der Waals surface area contributed by atoms with Gasteiger partial charge in [0.15, 0.2) is 5.78 Å². The molecule has 2 fully saturated rings. The molecule has 1 aliphatic carbocycles. The number of Topliss-reactive ketones (excluding diaryl/α,β-unsaturated/α-hetero) is 1. The maximum atomic E-state index is 13.2. The molecular weight excluding hydrogens is 336 g/mol. The molecule has 0 unspecified atom stereocenters. The number of carbonyl (C=O) groups excluding carboxylic acids is 2. The zero-order chi connectivity index (χ0) is 18.6. The Balaban J connectivity index is 1.68. The van der Waals surface area contributed by atoms with E-state index in [0.717, 1.165) is 19.4 Å². The Kier molecular flexibility index (Phi) is 3.95. The predicted molar refractivity (Wildman–Crippen MR) is 92.3 cm³/mol. The van der Waals surface area contributed by atoms with E-state index in [2.05, 4.69) is 0 Å². The minimum absolute atomic E-state index is 0.0456. The highest BCUT2D eigenvalue weighted by molar-refractivity contribution is 6.10. The first-order valence-electron chi connectivity index (χ1n) is 9.20. The van der Waals surface area contributed by atoms with Gasteiger partial charge in [-0.25, -0.2) is 0 Å². The number of carboxylic acids is 1. The highest BCUT2D eigenvalue weighted by Crippen LogP contribution is 2.43. The maximum absolute atomic E-state index is 13.2. The number of hydrogen-bond donors (Lipinski definition) is 1. The van der Waals surface area contributed by atoms with Gasteiger partial charge in [0.05, 0.1) is 11.1 Å². The van der Waals surface area contributed by atoms with Crippen LogP contribution in [0.2, 0.25) is 0 Å². The third-order valence-electron chi connectivity index (χ3n) is 6.28. The summed E-state index contributed by atoms with van der Waals surface area (Å²) in [5.74, 6) is -0.139. The van der Waals surface area contributed by atoms with Crippen molar-refractivity contribution in [3.63, 3.8) is 0 Å². The zero-order valence-corrected chi connectivity index (χ0v) is 15.2. The largest absolute Gasteiger partial charge is 0.481 e. The van der Waals surface area contributed by atoms with Crippen molar-refractivity contribution in [3.8, 4) is 0 Å².